The van der Waals surface area contributed by atoms with Gasteiger partial charge in [-0.3, -0.25) is 0 Å². The average molecular weight is 171 g/mol. The zero-order valence-electron chi connectivity index (χ0n) is 7.80. The Hall–Kier alpha value is -0.120. The van der Waals surface area contributed by atoms with Gasteiger partial charge in [-0.05, 0) is 25.3 Å². The molecule has 0 radical (unpaired) electrons. The number of hydrogen-bond acceptors (Lipinski definition) is 3. The van der Waals surface area contributed by atoms with Crippen molar-refractivity contribution in [2.75, 3.05) is 20.8 Å². The summed E-state index contributed by atoms with van der Waals surface area (Å²) in [6, 6.07) is 0.400. The van der Waals surface area contributed by atoms with E-state index in [-0.39, 0.29) is 5.79 Å². The van der Waals surface area contributed by atoms with Gasteiger partial charge in [0, 0.05) is 20.6 Å². The van der Waals surface area contributed by atoms with Gasteiger partial charge >= 0.3 is 0 Å². The number of piperidine rings is 2. The molecule has 0 aromatic heterocycles. The maximum atomic E-state index is 5.48. The minimum Gasteiger partial charge on any atom is -0.352 e. The van der Waals surface area contributed by atoms with Crippen molar-refractivity contribution in [2.24, 2.45) is 5.92 Å². The van der Waals surface area contributed by atoms with Crippen molar-refractivity contribution in [1.29, 1.82) is 0 Å². The summed E-state index contributed by atoms with van der Waals surface area (Å²) in [4.78, 5) is 0. The first-order chi connectivity index (χ1) is 5.80. The van der Waals surface area contributed by atoms with E-state index < -0.39 is 0 Å². The van der Waals surface area contributed by atoms with Crippen molar-refractivity contribution in [3.63, 3.8) is 0 Å². The van der Waals surface area contributed by atoms with Crippen LogP contribution >= 0.6 is 0 Å². The lowest BCUT2D eigenvalue weighted by atomic mass is 9.77. The van der Waals surface area contributed by atoms with E-state index in [0.29, 0.717) is 6.04 Å². The molecule has 0 spiro atoms. The van der Waals surface area contributed by atoms with E-state index in [1.807, 2.05) is 0 Å². The van der Waals surface area contributed by atoms with Gasteiger partial charge in [0.15, 0.2) is 5.79 Å². The Morgan fingerprint density at radius 3 is 2.25 bits per heavy atom. The maximum absolute atomic E-state index is 5.48. The van der Waals surface area contributed by atoms with Gasteiger partial charge < -0.3 is 14.8 Å². The van der Waals surface area contributed by atoms with Crippen LogP contribution in [0.2, 0.25) is 0 Å². The number of methoxy groups -OCH3 is 2. The van der Waals surface area contributed by atoms with Crippen LogP contribution in [0, 0.1) is 5.92 Å². The Morgan fingerprint density at radius 1 is 1.25 bits per heavy atom. The second-order valence-electron chi connectivity index (χ2n) is 3.83. The molecule has 2 atom stereocenters. The fourth-order valence-electron chi connectivity index (χ4n) is 2.54. The summed E-state index contributed by atoms with van der Waals surface area (Å²) in [7, 11) is 3.48. The molecule has 0 aromatic rings. The molecule has 3 rings (SSSR count). The largest absolute Gasteiger partial charge is 0.352 e. The Balaban J connectivity index is 2.15. The lowest BCUT2D eigenvalue weighted by molar-refractivity contribution is -0.258. The van der Waals surface area contributed by atoms with Crippen LogP contribution in [0.3, 0.4) is 0 Å². The predicted molar refractivity (Wildman–Crippen MR) is 45.9 cm³/mol. The second-order valence-corrected chi connectivity index (χ2v) is 3.83. The van der Waals surface area contributed by atoms with E-state index in [1.54, 1.807) is 14.2 Å². The Kier molecular flexibility index (Phi) is 2.10. The van der Waals surface area contributed by atoms with Crippen LogP contribution in [0.15, 0.2) is 0 Å². The molecule has 3 fully saturated rings. The third-order valence-electron chi connectivity index (χ3n) is 3.31. The molecular weight excluding hydrogens is 154 g/mol. The summed E-state index contributed by atoms with van der Waals surface area (Å²) in [5.74, 6) is 0.413. The number of ether oxygens (including phenoxy) is 2. The van der Waals surface area contributed by atoms with Gasteiger partial charge in [0.1, 0.15) is 0 Å². The highest BCUT2D eigenvalue weighted by Crippen LogP contribution is 2.39. The van der Waals surface area contributed by atoms with Crippen LogP contribution in [0.5, 0.6) is 0 Å². The van der Waals surface area contributed by atoms with E-state index in [4.69, 9.17) is 9.47 Å². The van der Waals surface area contributed by atoms with Crippen molar-refractivity contribution in [2.45, 2.75) is 31.1 Å². The van der Waals surface area contributed by atoms with Gasteiger partial charge in [0.05, 0.1) is 6.04 Å². The van der Waals surface area contributed by atoms with E-state index in [2.05, 4.69) is 5.32 Å². The molecule has 3 aliphatic rings. The summed E-state index contributed by atoms with van der Waals surface area (Å²) in [5, 5.41) is 3.46. The summed E-state index contributed by atoms with van der Waals surface area (Å²) in [6.07, 6.45) is 3.57. The second kappa shape index (κ2) is 2.98. The SMILES string of the molecule is COC1(OC)C[C@H]2CC[C@@H]1NC2. The average Bonchev–Trinajstić information content (AvgIpc) is 2.19. The smallest absolute Gasteiger partial charge is 0.183 e. The fourth-order valence-corrected chi connectivity index (χ4v) is 2.54. The summed E-state index contributed by atoms with van der Waals surface area (Å²) >= 11 is 0. The zero-order valence-corrected chi connectivity index (χ0v) is 7.80. The molecule has 2 bridgehead atoms. The minimum atomic E-state index is -0.332. The zero-order chi connectivity index (χ0) is 8.60. The van der Waals surface area contributed by atoms with Gasteiger partial charge in [-0.1, -0.05) is 0 Å². The molecule has 0 aromatic carbocycles. The van der Waals surface area contributed by atoms with Crippen molar-refractivity contribution in [3.05, 3.63) is 0 Å². The third-order valence-corrected chi connectivity index (χ3v) is 3.31. The summed E-state index contributed by atoms with van der Waals surface area (Å²) in [6.45, 7) is 1.14. The number of hydrogen-bond donors (Lipinski definition) is 1. The Labute approximate surface area is 73.4 Å². The molecule has 2 aliphatic heterocycles. The monoisotopic (exact) mass is 171 g/mol. The van der Waals surface area contributed by atoms with E-state index in [9.17, 15) is 0 Å². The Bertz CT molecular complexity index is 160. The van der Waals surface area contributed by atoms with Gasteiger partial charge in [0.25, 0.3) is 0 Å². The molecule has 2 heterocycles. The highest BCUT2D eigenvalue weighted by atomic mass is 16.7. The van der Waals surface area contributed by atoms with Crippen LogP contribution in [0.4, 0.5) is 0 Å². The number of nitrogens with one attached hydrogen (secondary N) is 1. The summed E-state index contributed by atoms with van der Waals surface area (Å²) < 4.78 is 11.0. The van der Waals surface area contributed by atoms with E-state index >= 15 is 0 Å². The van der Waals surface area contributed by atoms with Crippen molar-refractivity contribution in [1.82, 2.24) is 5.32 Å². The topological polar surface area (TPSA) is 30.5 Å². The molecule has 0 amide bonds. The first kappa shape index (κ1) is 8.48. The lowest BCUT2D eigenvalue weighted by Gasteiger charge is -2.49. The van der Waals surface area contributed by atoms with Gasteiger partial charge in [-0.25, -0.2) is 0 Å². The van der Waals surface area contributed by atoms with Crippen molar-refractivity contribution in [3.8, 4) is 0 Å². The van der Waals surface area contributed by atoms with Crippen LogP contribution in [0.1, 0.15) is 19.3 Å². The van der Waals surface area contributed by atoms with Crippen LogP contribution < -0.4 is 5.32 Å². The highest BCUT2D eigenvalue weighted by molar-refractivity contribution is 4.97. The van der Waals surface area contributed by atoms with E-state index in [0.717, 1.165) is 18.9 Å². The Morgan fingerprint density at radius 2 is 2.00 bits per heavy atom. The van der Waals surface area contributed by atoms with Crippen LogP contribution in [0.25, 0.3) is 0 Å². The normalized spacial score (nSPS) is 38.5. The standard InChI is InChI=1S/C9H17NO2/c1-11-9(12-2)5-7-3-4-8(9)10-6-7/h7-8,10H,3-6H2,1-2H3/t7-,8+/m1/s1. The molecule has 70 valence electrons. The first-order valence-electron chi connectivity index (χ1n) is 4.64. The molecule has 3 nitrogen and oxygen atoms in total. The van der Waals surface area contributed by atoms with Crippen LogP contribution in [-0.4, -0.2) is 32.6 Å². The molecular formula is C9H17NO2. The molecule has 12 heavy (non-hydrogen) atoms. The fraction of sp³-hybridized carbons (Fsp3) is 1.00. The molecule has 2 saturated heterocycles. The molecule has 1 aliphatic carbocycles. The highest BCUT2D eigenvalue weighted by Gasteiger charge is 2.48. The number of rotatable bonds is 2. The predicted octanol–water partition coefficient (Wildman–Crippen LogP) is 0.747. The lowest BCUT2D eigenvalue weighted by Crippen LogP contribution is -2.63. The van der Waals surface area contributed by atoms with Gasteiger partial charge in [-0.15, -0.1) is 0 Å². The molecule has 1 N–H and O–H groups in total. The third kappa shape index (κ3) is 1.08. The summed E-state index contributed by atoms with van der Waals surface area (Å²) in [5.41, 5.74) is 0. The number of fused-ring (bicyclic) bond motifs is 3. The maximum Gasteiger partial charge on any atom is 0.183 e. The molecule has 3 heteroatoms. The van der Waals surface area contributed by atoms with E-state index in [1.165, 1.54) is 12.8 Å². The van der Waals surface area contributed by atoms with Gasteiger partial charge in [-0.2, -0.15) is 0 Å². The van der Waals surface area contributed by atoms with Crippen molar-refractivity contribution < 1.29 is 9.47 Å². The molecule has 0 unspecified atom stereocenters. The quantitative estimate of drug-likeness (QED) is 0.622. The first-order valence-corrected chi connectivity index (χ1v) is 4.64. The van der Waals surface area contributed by atoms with Crippen LogP contribution in [-0.2, 0) is 9.47 Å². The minimum absolute atomic E-state index is 0.332. The van der Waals surface area contributed by atoms with Gasteiger partial charge in [0.2, 0.25) is 0 Å². The van der Waals surface area contributed by atoms with Crippen molar-refractivity contribution >= 4 is 0 Å². The molecule has 1 saturated carbocycles.